The lowest BCUT2D eigenvalue weighted by Gasteiger charge is -2.17. The third-order valence-corrected chi connectivity index (χ3v) is 5.08. The van der Waals surface area contributed by atoms with Crippen LogP contribution >= 0.6 is 22.9 Å². The summed E-state index contributed by atoms with van der Waals surface area (Å²) in [5, 5.41) is 3.85. The van der Waals surface area contributed by atoms with Crippen LogP contribution in [0, 0.1) is 6.92 Å². The number of hydrogen-bond donors (Lipinski definition) is 1. The molecule has 0 fully saturated rings. The Morgan fingerprint density at radius 2 is 2.00 bits per heavy atom. The van der Waals surface area contributed by atoms with Gasteiger partial charge in [0.1, 0.15) is 11.5 Å². The predicted octanol–water partition coefficient (Wildman–Crippen LogP) is 4.89. The van der Waals surface area contributed by atoms with Crippen LogP contribution in [0.1, 0.15) is 34.5 Å². The maximum atomic E-state index is 12.6. The van der Waals surface area contributed by atoms with Crippen LogP contribution in [-0.2, 0) is 11.3 Å². The molecule has 2 aromatic heterocycles. The molecule has 0 atom stereocenters. The zero-order valence-electron chi connectivity index (χ0n) is 14.9. The van der Waals surface area contributed by atoms with Gasteiger partial charge in [-0.3, -0.25) is 14.5 Å². The summed E-state index contributed by atoms with van der Waals surface area (Å²) in [5.41, 5.74) is 0.911. The molecule has 0 aliphatic heterocycles. The van der Waals surface area contributed by atoms with E-state index in [-0.39, 0.29) is 18.4 Å². The smallest absolute Gasteiger partial charge is 0.275 e. The molecule has 8 heteroatoms. The van der Waals surface area contributed by atoms with Gasteiger partial charge in [-0.1, -0.05) is 18.5 Å². The summed E-state index contributed by atoms with van der Waals surface area (Å²) in [6.45, 7) is 3.86. The Morgan fingerprint density at radius 1 is 1.26 bits per heavy atom. The molecule has 1 N–H and O–H groups in total. The minimum Gasteiger partial charge on any atom is -0.467 e. The van der Waals surface area contributed by atoms with Crippen LogP contribution < -0.4 is 10.2 Å². The largest absolute Gasteiger partial charge is 0.467 e. The number of aryl methyl sites for hydroxylation is 1. The first-order valence-electron chi connectivity index (χ1n) is 8.35. The molecule has 3 aromatic rings. The zero-order chi connectivity index (χ0) is 19.4. The van der Waals surface area contributed by atoms with E-state index in [1.165, 1.54) is 16.2 Å². The number of anilines is 2. The van der Waals surface area contributed by atoms with E-state index in [2.05, 4.69) is 10.3 Å². The van der Waals surface area contributed by atoms with Gasteiger partial charge in [0.2, 0.25) is 5.91 Å². The van der Waals surface area contributed by atoms with Crippen molar-refractivity contribution < 1.29 is 14.0 Å². The van der Waals surface area contributed by atoms with E-state index in [1.807, 2.05) is 0 Å². The highest BCUT2D eigenvalue weighted by Crippen LogP contribution is 2.28. The average Bonchev–Trinajstić information content (AvgIpc) is 3.30. The second-order valence-corrected chi connectivity index (χ2v) is 7.39. The van der Waals surface area contributed by atoms with Gasteiger partial charge in [0.05, 0.1) is 12.8 Å². The number of furan rings is 1. The number of hydrogen-bond acceptors (Lipinski definition) is 5. The zero-order valence-corrected chi connectivity index (χ0v) is 16.4. The van der Waals surface area contributed by atoms with Crippen molar-refractivity contribution in [2.24, 2.45) is 0 Å². The maximum absolute atomic E-state index is 12.6. The molecule has 0 saturated heterocycles. The van der Waals surface area contributed by atoms with Gasteiger partial charge in [-0.05, 0) is 43.3 Å². The topological polar surface area (TPSA) is 75.4 Å². The highest BCUT2D eigenvalue weighted by atomic mass is 35.5. The summed E-state index contributed by atoms with van der Waals surface area (Å²) in [5.74, 6) is 0.223. The predicted molar refractivity (Wildman–Crippen MR) is 106 cm³/mol. The van der Waals surface area contributed by atoms with Gasteiger partial charge in [0.25, 0.3) is 5.91 Å². The van der Waals surface area contributed by atoms with Gasteiger partial charge in [0, 0.05) is 22.0 Å². The Bertz CT molecular complexity index is 936. The number of halogens is 1. The highest BCUT2D eigenvalue weighted by Gasteiger charge is 2.23. The van der Waals surface area contributed by atoms with Crippen LogP contribution in [0.3, 0.4) is 0 Å². The second kappa shape index (κ2) is 8.37. The van der Waals surface area contributed by atoms with Gasteiger partial charge in [-0.15, -0.1) is 11.3 Å². The van der Waals surface area contributed by atoms with Crippen LogP contribution in [0.4, 0.5) is 10.8 Å². The number of aromatic nitrogens is 1. The lowest BCUT2D eigenvalue weighted by atomic mass is 10.3. The minimum absolute atomic E-state index is 0.0928. The molecular weight excluding hydrogens is 386 g/mol. The molecule has 0 bridgehead atoms. The Hall–Kier alpha value is -2.64. The van der Waals surface area contributed by atoms with Crippen molar-refractivity contribution in [3.05, 3.63) is 64.0 Å². The van der Waals surface area contributed by atoms with Crippen molar-refractivity contribution in [1.29, 1.82) is 0 Å². The Labute approximate surface area is 165 Å². The van der Waals surface area contributed by atoms with Crippen LogP contribution in [0.2, 0.25) is 5.02 Å². The monoisotopic (exact) mass is 403 g/mol. The summed E-state index contributed by atoms with van der Waals surface area (Å²) in [4.78, 5) is 31.7. The number of thiazole rings is 1. The number of rotatable bonds is 6. The highest BCUT2D eigenvalue weighted by molar-refractivity contribution is 7.16. The third kappa shape index (κ3) is 4.56. The molecule has 0 spiro atoms. The fraction of sp³-hybridized carbons (Fsp3) is 0.211. The molecule has 2 amide bonds. The first-order valence-corrected chi connectivity index (χ1v) is 9.54. The fourth-order valence-corrected chi connectivity index (χ4v) is 3.49. The Morgan fingerprint density at radius 3 is 2.63 bits per heavy atom. The number of carbonyl (C=O) groups excluding carboxylic acids is 2. The van der Waals surface area contributed by atoms with E-state index < -0.39 is 0 Å². The summed E-state index contributed by atoms with van der Waals surface area (Å²) in [6, 6.07) is 10.4. The van der Waals surface area contributed by atoms with Crippen molar-refractivity contribution in [2.45, 2.75) is 26.8 Å². The van der Waals surface area contributed by atoms with Gasteiger partial charge >= 0.3 is 0 Å². The van der Waals surface area contributed by atoms with E-state index in [0.717, 1.165) is 4.88 Å². The molecule has 0 aliphatic carbocycles. The van der Waals surface area contributed by atoms with Crippen molar-refractivity contribution >= 4 is 45.6 Å². The van der Waals surface area contributed by atoms with Crippen molar-refractivity contribution in [3.8, 4) is 0 Å². The molecule has 2 heterocycles. The standard InChI is InChI=1S/C19H18ClN3O3S/c1-3-16(24)23(11-15-5-4-10-26-15)19-22-17(12(2)27-19)18(25)21-14-8-6-13(20)7-9-14/h4-10H,3,11H2,1-2H3,(H,21,25). The van der Waals surface area contributed by atoms with Crippen LogP contribution in [-0.4, -0.2) is 16.8 Å². The lowest BCUT2D eigenvalue weighted by molar-refractivity contribution is -0.118. The van der Waals surface area contributed by atoms with Crippen molar-refractivity contribution in [1.82, 2.24) is 4.98 Å². The van der Waals surface area contributed by atoms with Gasteiger partial charge in [-0.25, -0.2) is 4.98 Å². The molecule has 0 radical (unpaired) electrons. The number of carbonyl (C=O) groups is 2. The average molecular weight is 404 g/mol. The molecular formula is C19H18ClN3O3S. The first-order chi connectivity index (χ1) is 13.0. The molecule has 27 heavy (non-hydrogen) atoms. The molecule has 140 valence electrons. The molecule has 0 aliphatic rings. The van der Waals surface area contributed by atoms with E-state index in [1.54, 1.807) is 56.5 Å². The molecule has 0 saturated carbocycles. The van der Waals surface area contributed by atoms with Crippen LogP contribution in [0.25, 0.3) is 0 Å². The lowest BCUT2D eigenvalue weighted by Crippen LogP contribution is -2.29. The third-order valence-electron chi connectivity index (χ3n) is 3.83. The summed E-state index contributed by atoms with van der Waals surface area (Å²) in [7, 11) is 0. The van der Waals surface area contributed by atoms with Crippen LogP contribution in [0.5, 0.6) is 0 Å². The molecule has 0 unspecified atom stereocenters. The summed E-state index contributed by atoms with van der Waals surface area (Å²) < 4.78 is 5.35. The SMILES string of the molecule is CCC(=O)N(Cc1ccco1)c1nc(C(=O)Nc2ccc(Cl)cc2)c(C)s1. The number of nitrogens with one attached hydrogen (secondary N) is 1. The second-order valence-electron chi connectivity index (χ2n) is 5.78. The first kappa shape index (κ1) is 19.1. The normalized spacial score (nSPS) is 10.6. The van der Waals surface area contributed by atoms with E-state index in [0.29, 0.717) is 33.7 Å². The number of nitrogens with zero attached hydrogens (tertiary/aromatic N) is 2. The van der Waals surface area contributed by atoms with Gasteiger partial charge < -0.3 is 9.73 Å². The maximum Gasteiger partial charge on any atom is 0.275 e. The quantitative estimate of drug-likeness (QED) is 0.635. The number of amides is 2. The van der Waals surface area contributed by atoms with E-state index in [4.69, 9.17) is 16.0 Å². The van der Waals surface area contributed by atoms with Gasteiger partial charge in [-0.2, -0.15) is 0 Å². The Balaban J connectivity index is 1.83. The van der Waals surface area contributed by atoms with E-state index >= 15 is 0 Å². The Kier molecular flexibility index (Phi) is 5.93. The fourth-order valence-electron chi connectivity index (χ4n) is 2.44. The van der Waals surface area contributed by atoms with Crippen LogP contribution in [0.15, 0.2) is 47.1 Å². The van der Waals surface area contributed by atoms with E-state index in [9.17, 15) is 9.59 Å². The molecule has 6 nitrogen and oxygen atoms in total. The molecule has 3 rings (SSSR count). The van der Waals surface area contributed by atoms with Crippen molar-refractivity contribution in [3.63, 3.8) is 0 Å². The summed E-state index contributed by atoms with van der Waals surface area (Å²) in [6.07, 6.45) is 1.88. The van der Waals surface area contributed by atoms with Gasteiger partial charge in [0.15, 0.2) is 5.13 Å². The number of benzene rings is 1. The molecule has 1 aromatic carbocycles. The minimum atomic E-state index is -0.334. The summed E-state index contributed by atoms with van der Waals surface area (Å²) >= 11 is 7.16. The van der Waals surface area contributed by atoms with Crippen molar-refractivity contribution in [2.75, 3.05) is 10.2 Å².